The molecule has 0 bridgehead atoms. The van der Waals surface area contributed by atoms with Crippen LogP contribution in [0.25, 0.3) is 0 Å². The van der Waals surface area contributed by atoms with E-state index < -0.39 is 95.6 Å². The summed E-state index contributed by atoms with van der Waals surface area (Å²) in [5.74, 6) is -3.80. The topological polar surface area (TPSA) is 254 Å². The number of alkyl carbamates (subject to hydrolysis) is 1. The third-order valence-electron chi connectivity index (χ3n) is 9.93. The molecule has 4 aromatic rings. The maximum absolute atomic E-state index is 13.9. The molecule has 6 amide bonds. The minimum Gasteiger partial charge on any atom is -0.467 e. The molecule has 4 heterocycles. The van der Waals surface area contributed by atoms with Crippen LogP contribution in [0.4, 0.5) is 16.2 Å². The Kier molecular flexibility index (Phi) is 15.5. The van der Waals surface area contributed by atoms with Crippen molar-refractivity contribution in [3.05, 3.63) is 117 Å². The normalized spacial score (nSPS) is 15.8. The molecular weight excluding hydrogens is 881 g/mol. The first kappa shape index (κ1) is 47.6. The van der Waals surface area contributed by atoms with Crippen LogP contribution in [0.3, 0.4) is 0 Å². The fraction of sp³-hybridized carbons (Fsp3) is 0.341. The van der Waals surface area contributed by atoms with E-state index in [1.54, 1.807) is 75.4 Å². The van der Waals surface area contributed by atoms with Crippen LogP contribution in [-0.4, -0.2) is 100 Å². The Morgan fingerprint density at radius 1 is 0.646 bits per heavy atom. The summed E-state index contributed by atoms with van der Waals surface area (Å²) in [7, 11) is 1.21. The monoisotopic (exact) mass is 928 g/mol. The van der Waals surface area contributed by atoms with E-state index in [1.165, 1.54) is 51.9 Å². The number of nitrogens with one attached hydrogen (secondary N) is 6. The number of esters is 1. The van der Waals surface area contributed by atoms with Crippen LogP contribution in [0.2, 0.25) is 0 Å². The maximum Gasteiger partial charge on any atom is 0.408 e. The summed E-state index contributed by atoms with van der Waals surface area (Å²) >= 11 is 2.48. The van der Waals surface area contributed by atoms with E-state index in [0.717, 1.165) is 5.56 Å². The number of anilines is 2. The van der Waals surface area contributed by atoms with Crippen molar-refractivity contribution in [1.82, 2.24) is 30.4 Å². The zero-order chi connectivity index (χ0) is 46.8. The molecule has 2 aromatic carbocycles. The molecule has 65 heavy (non-hydrogen) atoms. The second-order valence-corrected chi connectivity index (χ2v) is 17.9. The van der Waals surface area contributed by atoms with Crippen LogP contribution in [0.5, 0.6) is 0 Å². The molecule has 19 nitrogen and oxygen atoms in total. The Hall–Kier alpha value is -6.87. The smallest absolute Gasteiger partial charge is 0.408 e. The Labute approximate surface area is 381 Å². The number of hydrogen-bond acceptors (Lipinski definition) is 13. The molecule has 0 radical (unpaired) electrons. The third-order valence-corrected chi connectivity index (χ3v) is 12.2. The Morgan fingerprint density at radius 2 is 1.09 bits per heavy atom. The van der Waals surface area contributed by atoms with Gasteiger partial charge in [-0.2, -0.15) is 0 Å². The number of rotatable bonds is 16. The Balaban J connectivity index is 1.10. The summed E-state index contributed by atoms with van der Waals surface area (Å²) in [6.45, 7) is 3.91. The minimum atomic E-state index is -1.22. The fourth-order valence-corrected chi connectivity index (χ4v) is 9.16. The third kappa shape index (κ3) is 12.4. The number of carbonyl (C=O) groups excluding carboxylic acids is 7. The zero-order valence-electron chi connectivity index (χ0n) is 35.8. The molecule has 2 aromatic heterocycles. The number of hydrogen-bond donors (Lipinski definition) is 6. The van der Waals surface area contributed by atoms with Crippen LogP contribution in [0.1, 0.15) is 44.0 Å². The quantitative estimate of drug-likeness (QED) is 0.0883. The molecule has 21 heteroatoms. The molecule has 4 atom stereocenters. The number of nitrogens with zero attached hydrogens (tertiary/aromatic N) is 2. The number of fused-ring (bicyclic) bond motifs is 2. The van der Waals surface area contributed by atoms with Gasteiger partial charge in [0, 0.05) is 24.3 Å². The molecule has 0 saturated carbocycles. The second-order valence-electron chi connectivity index (χ2n) is 15.9. The van der Waals surface area contributed by atoms with E-state index in [0.29, 0.717) is 15.6 Å². The number of thioether (sulfide) groups is 2. The number of ether oxygens (including phenoxy) is 2. The van der Waals surface area contributed by atoms with Crippen molar-refractivity contribution in [2.75, 3.05) is 42.3 Å². The second kappa shape index (κ2) is 21.2. The van der Waals surface area contributed by atoms with Crippen LogP contribution >= 0.6 is 23.5 Å². The summed E-state index contributed by atoms with van der Waals surface area (Å²) in [6, 6.07) is 19.4. The summed E-state index contributed by atoms with van der Waals surface area (Å²) in [6.07, 6.45) is -0.648. The average Bonchev–Trinajstić information content (AvgIpc) is 3.92. The van der Waals surface area contributed by atoms with Crippen molar-refractivity contribution in [2.45, 2.75) is 73.4 Å². The fourth-order valence-electron chi connectivity index (χ4n) is 6.88. The molecule has 0 fully saturated rings. The van der Waals surface area contributed by atoms with Crippen LogP contribution in [0, 0.1) is 0 Å². The first-order valence-electron chi connectivity index (χ1n) is 20.4. The number of methoxy groups -OCH3 is 1. The lowest BCUT2D eigenvalue weighted by Gasteiger charge is -2.22. The van der Waals surface area contributed by atoms with E-state index in [2.05, 4.69) is 31.9 Å². The molecule has 0 spiro atoms. The molecule has 0 unspecified atom stereocenters. The first-order valence-corrected chi connectivity index (χ1v) is 22.4. The van der Waals surface area contributed by atoms with E-state index in [9.17, 15) is 43.2 Å². The molecule has 0 saturated heterocycles. The highest BCUT2D eigenvalue weighted by Gasteiger charge is 2.36. The van der Waals surface area contributed by atoms with Crippen LogP contribution in [-0.2, 0) is 51.1 Å². The van der Waals surface area contributed by atoms with E-state index in [4.69, 9.17) is 9.47 Å². The van der Waals surface area contributed by atoms with Gasteiger partial charge in [-0.1, -0.05) is 60.7 Å². The van der Waals surface area contributed by atoms with Gasteiger partial charge in [0.15, 0.2) is 0 Å². The largest absolute Gasteiger partial charge is 0.467 e. The predicted molar refractivity (Wildman–Crippen MR) is 242 cm³/mol. The van der Waals surface area contributed by atoms with Gasteiger partial charge in [-0.15, -0.1) is 23.5 Å². The van der Waals surface area contributed by atoms with Gasteiger partial charge in [-0.25, -0.2) is 9.59 Å². The van der Waals surface area contributed by atoms with E-state index >= 15 is 0 Å². The number of benzene rings is 2. The first-order chi connectivity index (χ1) is 31.0. The standard InChI is InChI=1S/C44H48N8O11S2/c1-44(2,3)63-43(61)46-22-34(54)48-28-16-18-35-51(41(28)59)31(23-64-35)38(56)49-29(19-25-11-7-5-8-12-25)37(55)45-21-33(53)47-27-15-17-36-52(40(27)58)32(24-65-36)39(57)50-30(42(60)62-4)20-26-13-9-6-10-14-26/h5-18,29-32H,19-24H2,1-4H3,(H,45,55)(H,46,61)(H,47,53)(H,48,54)(H,49,56)(H,50,57)/t29-,30-,31-,32-/m0/s1. The summed E-state index contributed by atoms with van der Waals surface area (Å²) < 4.78 is 12.5. The molecule has 2 aliphatic rings. The van der Waals surface area contributed by atoms with Gasteiger partial charge in [0.1, 0.15) is 47.7 Å². The maximum atomic E-state index is 13.9. The zero-order valence-corrected chi connectivity index (χ0v) is 37.5. The highest BCUT2D eigenvalue weighted by molar-refractivity contribution is 7.99. The van der Waals surface area contributed by atoms with Crippen LogP contribution in [0.15, 0.2) is 105 Å². The summed E-state index contributed by atoms with van der Waals surface area (Å²) in [4.78, 5) is 119. The number of amides is 6. The number of aromatic nitrogens is 2. The SMILES string of the molecule is COC(=O)[C@H](Cc1ccccc1)NC(=O)[C@@H]1CSc2ccc(NC(=O)CNC(=O)[C@H](Cc3ccccc3)NC(=O)[C@@H]3CSc4ccc(NC(=O)CNC(=O)OC(C)(C)C)c(=O)n43)c(=O)n21. The lowest BCUT2D eigenvalue weighted by Crippen LogP contribution is -2.51. The molecule has 6 rings (SSSR count). The van der Waals surface area contributed by atoms with Crippen LogP contribution < -0.4 is 43.0 Å². The Bertz CT molecular complexity index is 2580. The highest BCUT2D eigenvalue weighted by atomic mass is 32.2. The molecule has 6 N–H and O–H groups in total. The van der Waals surface area contributed by atoms with Crippen molar-refractivity contribution in [3.8, 4) is 0 Å². The number of pyridine rings is 2. The van der Waals surface area contributed by atoms with Crippen molar-refractivity contribution in [2.24, 2.45) is 0 Å². The van der Waals surface area contributed by atoms with Gasteiger partial charge in [0.2, 0.25) is 29.5 Å². The van der Waals surface area contributed by atoms with Crippen molar-refractivity contribution >= 4 is 76.5 Å². The summed E-state index contributed by atoms with van der Waals surface area (Å²) in [5, 5.41) is 16.1. The lowest BCUT2D eigenvalue weighted by atomic mass is 10.0. The van der Waals surface area contributed by atoms with Gasteiger partial charge in [-0.3, -0.25) is 42.7 Å². The van der Waals surface area contributed by atoms with Crippen molar-refractivity contribution in [3.63, 3.8) is 0 Å². The average molecular weight is 929 g/mol. The number of carbonyl (C=O) groups is 7. The molecule has 342 valence electrons. The predicted octanol–water partition coefficient (Wildman–Crippen LogP) is 2.15. The molecule has 2 aliphatic heterocycles. The highest BCUT2D eigenvalue weighted by Crippen LogP contribution is 2.33. The van der Waals surface area contributed by atoms with E-state index in [1.807, 2.05) is 18.2 Å². The van der Waals surface area contributed by atoms with Gasteiger partial charge >= 0.3 is 12.1 Å². The van der Waals surface area contributed by atoms with Gasteiger partial charge in [-0.05, 0) is 56.2 Å². The Morgan fingerprint density at radius 3 is 1.55 bits per heavy atom. The van der Waals surface area contributed by atoms with Gasteiger partial charge in [0.05, 0.1) is 23.7 Å². The molecule has 0 aliphatic carbocycles. The van der Waals surface area contributed by atoms with E-state index in [-0.39, 0.29) is 35.7 Å². The lowest BCUT2D eigenvalue weighted by molar-refractivity contribution is -0.145. The van der Waals surface area contributed by atoms with Gasteiger partial charge in [0.25, 0.3) is 11.1 Å². The van der Waals surface area contributed by atoms with Crippen molar-refractivity contribution < 1.29 is 43.0 Å². The minimum absolute atomic E-state index is 0.0118. The summed E-state index contributed by atoms with van der Waals surface area (Å²) in [5.41, 5.74) is -0.971. The van der Waals surface area contributed by atoms with Gasteiger partial charge < -0.3 is 41.4 Å². The van der Waals surface area contributed by atoms with Crippen molar-refractivity contribution in [1.29, 1.82) is 0 Å². The molecular formula is C44H48N8O11S2.